The number of hydrogen-bond donors (Lipinski definition) is 3. The summed E-state index contributed by atoms with van der Waals surface area (Å²) < 4.78 is 11.7. The van der Waals surface area contributed by atoms with Crippen LogP contribution in [0, 0.1) is 5.92 Å². The summed E-state index contributed by atoms with van der Waals surface area (Å²) in [5.41, 5.74) is 7.10. The Kier molecular flexibility index (Phi) is 13.2. The van der Waals surface area contributed by atoms with Gasteiger partial charge in [0.25, 0.3) is 0 Å². The number of carbonyl (C=O) groups excluding carboxylic acids is 2. The Labute approximate surface area is 304 Å². The number of amides is 3. The van der Waals surface area contributed by atoms with Gasteiger partial charge in [0.1, 0.15) is 6.61 Å². The summed E-state index contributed by atoms with van der Waals surface area (Å²) >= 11 is 3.08. The minimum atomic E-state index is -0.495. The fourth-order valence-corrected chi connectivity index (χ4v) is 7.70. The molecule has 3 heterocycles. The SMILES string of the molecule is CO[C@@H](C[C@@H]1CC2=CCC=CC2=C([C@@H](NC(=O)N(C)Cc2csc(C(C)C)n2)C(C)C)N1)[C@H](Cc1ccccc1)NC(=O)OCc1cncs1. The molecular weight excluding hydrogens is 669 g/mol. The number of allylic oxidation sites excluding steroid dienone is 4. The van der Waals surface area contributed by atoms with Crippen LogP contribution in [0.1, 0.15) is 74.0 Å². The Morgan fingerprint density at radius 1 is 1.12 bits per heavy atom. The third-order valence-corrected chi connectivity index (χ3v) is 11.0. The van der Waals surface area contributed by atoms with Crippen molar-refractivity contribution >= 4 is 34.8 Å². The van der Waals surface area contributed by atoms with Gasteiger partial charge >= 0.3 is 12.1 Å². The zero-order valence-corrected chi connectivity index (χ0v) is 31.5. The Bertz CT molecular complexity index is 1650. The monoisotopic (exact) mass is 718 g/mol. The van der Waals surface area contributed by atoms with E-state index in [0.717, 1.165) is 45.3 Å². The minimum Gasteiger partial charge on any atom is -0.444 e. The number of rotatable bonds is 15. The molecule has 0 saturated heterocycles. The normalized spacial score (nSPS) is 17.4. The molecule has 12 heteroatoms. The topological polar surface area (TPSA) is 118 Å². The molecule has 0 radical (unpaired) electrons. The lowest BCUT2D eigenvalue weighted by molar-refractivity contribution is 0.0488. The van der Waals surface area contributed by atoms with E-state index in [0.29, 0.717) is 25.3 Å². The summed E-state index contributed by atoms with van der Waals surface area (Å²) in [4.78, 5) is 38.1. The van der Waals surface area contributed by atoms with Crippen molar-refractivity contribution in [2.24, 2.45) is 5.92 Å². The van der Waals surface area contributed by atoms with Gasteiger partial charge in [0.05, 0.1) is 45.8 Å². The summed E-state index contributed by atoms with van der Waals surface area (Å²) in [7, 11) is 3.51. The number of carbonyl (C=O) groups is 2. The molecule has 10 nitrogen and oxygen atoms in total. The largest absolute Gasteiger partial charge is 0.444 e. The highest BCUT2D eigenvalue weighted by atomic mass is 32.1. The van der Waals surface area contributed by atoms with Crippen LogP contribution >= 0.6 is 22.7 Å². The number of benzene rings is 1. The minimum absolute atomic E-state index is 0.00470. The van der Waals surface area contributed by atoms with Gasteiger partial charge in [-0.2, -0.15) is 0 Å². The van der Waals surface area contributed by atoms with E-state index in [1.54, 1.807) is 35.1 Å². The highest BCUT2D eigenvalue weighted by Gasteiger charge is 2.35. The first-order valence-electron chi connectivity index (χ1n) is 17.3. The molecule has 4 atom stereocenters. The number of nitrogens with zero attached hydrogens (tertiary/aromatic N) is 3. The fourth-order valence-electron chi connectivity index (χ4n) is 6.37. The van der Waals surface area contributed by atoms with Crippen LogP contribution in [0.3, 0.4) is 0 Å². The second-order valence-electron chi connectivity index (χ2n) is 13.6. The van der Waals surface area contributed by atoms with Crippen molar-refractivity contribution in [3.63, 3.8) is 0 Å². The molecule has 3 N–H and O–H groups in total. The van der Waals surface area contributed by atoms with Gasteiger partial charge in [-0.1, -0.05) is 76.3 Å². The maximum Gasteiger partial charge on any atom is 0.407 e. The average Bonchev–Trinajstić information content (AvgIpc) is 3.81. The zero-order valence-electron chi connectivity index (χ0n) is 29.8. The van der Waals surface area contributed by atoms with Gasteiger partial charge in [0.2, 0.25) is 0 Å². The third-order valence-electron chi connectivity index (χ3n) is 9.01. The predicted molar refractivity (Wildman–Crippen MR) is 200 cm³/mol. The molecule has 1 aromatic carbocycles. The van der Waals surface area contributed by atoms with Crippen molar-refractivity contribution in [2.45, 2.75) is 96.7 Å². The van der Waals surface area contributed by atoms with E-state index in [-0.39, 0.29) is 42.8 Å². The number of urea groups is 1. The molecule has 50 heavy (non-hydrogen) atoms. The van der Waals surface area contributed by atoms with E-state index >= 15 is 0 Å². The van der Waals surface area contributed by atoms with Gasteiger partial charge in [-0.25, -0.2) is 14.6 Å². The first-order valence-corrected chi connectivity index (χ1v) is 19.1. The van der Waals surface area contributed by atoms with Crippen molar-refractivity contribution in [1.82, 2.24) is 30.8 Å². The van der Waals surface area contributed by atoms with Crippen LogP contribution in [0.15, 0.2) is 82.5 Å². The van der Waals surface area contributed by atoms with Crippen LogP contribution in [0.5, 0.6) is 0 Å². The van der Waals surface area contributed by atoms with Crippen LogP contribution < -0.4 is 16.0 Å². The molecule has 0 unspecified atom stereocenters. The molecule has 0 saturated carbocycles. The highest BCUT2D eigenvalue weighted by Crippen LogP contribution is 2.34. The molecule has 0 fully saturated rings. The molecule has 3 amide bonds. The number of hydrogen-bond acceptors (Lipinski definition) is 9. The first-order chi connectivity index (χ1) is 24.1. The molecule has 1 aliphatic heterocycles. The lowest BCUT2D eigenvalue weighted by Gasteiger charge is -2.39. The van der Waals surface area contributed by atoms with Gasteiger partial charge in [0, 0.05) is 43.4 Å². The van der Waals surface area contributed by atoms with Crippen molar-refractivity contribution in [3.05, 3.63) is 104 Å². The maximum atomic E-state index is 13.6. The van der Waals surface area contributed by atoms with Crippen LogP contribution in [0.2, 0.25) is 0 Å². The Balaban J connectivity index is 1.32. The number of aromatic nitrogens is 2. The summed E-state index contributed by atoms with van der Waals surface area (Å²) in [6.45, 7) is 9.11. The fraction of sp³-hybridized carbons (Fsp3) is 0.474. The summed E-state index contributed by atoms with van der Waals surface area (Å²) in [6, 6.07) is 9.35. The molecule has 1 aliphatic carbocycles. The van der Waals surface area contributed by atoms with Gasteiger partial charge in [0.15, 0.2) is 0 Å². The smallest absolute Gasteiger partial charge is 0.407 e. The van der Waals surface area contributed by atoms with E-state index < -0.39 is 6.09 Å². The van der Waals surface area contributed by atoms with Crippen molar-refractivity contribution in [1.29, 1.82) is 0 Å². The molecule has 268 valence electrons. The lowest BCUT2D eigenvalue weighted by Crippen LogP contribution is -2.53. The summed E-state index contributed by atoms with van der Waals surface area (Å²) in [5.74, 6) is 0.469. The third kappa shape index (κ3) is 10.0. The molecule has 0 bridgehead atoms. The lowest BCUT2D eigenvalue weighted by atomic mass is 9.82. The molecule has 2 aliphatic rings. The molecular formula is C38H50N6O4S2. The van der Waals surface area contributed by atoms with Crippen LogP contribution in [-0.4, -0.2) is 65.4 Å². The van der Waals surface area contributed by atoms with E-state index in [1.165, 1.54) is 16.9 Å². The number of ether oxygens (including phenoxy) is 2. The maximum absolute atomic E-state index is 13.6. The molecule has 3 aromatic rings. The quantitative estimate of drug-likeness (QED) is 0.151. The number of thiazole rings is 2. The van der Waals surface area contributed by atoms with Gasteiger partial charge in [-0.05, 0) is 48.3 Å². The van der Waals surface area contributed by atoms with Crippen LogP contribution in [0.4, 0.5) is 9.59 Å². The van der Waals surface area contributed by atoms with Crippen molar-refractivity contribution < 1.29 is 19.1 Å². The van der Waals surface area contributed by atoms with Gasteiger partial charge < -0.3 is 30.3 Å². The highest BCUT2D eigenvalue weighted by molar-refractivity contribution is 7.09. The average molecular weight is 719 g/mol. The van der Waals surface area contributed by atoms with E-state index in [4.69, 9.17) is 14.5 Å². The van der Waals surface area contributed by atoms with Crippen LogP contribution in [0.25, 0.3) is 0 Å². The van der Waals surface area contributed by atoms with Crippen LogP contribution in [-0.2, 0) is 29.0 Å². The summed E-state index contributed by atoms with van der Waals surface area (Å²) in [5, 5.41) is 13.4. The Morgan fingerprint density at radius 2 is 1.92 bits per heavy atom. The number of methoxy groups -OCH3 is 1. The predicted octanol–water partition coefficient (Wildman–Crippen LogP) is 7.33. The first kappa shape index (κ1) is 37.3. The Morgan fingerprint density at radius 3 is 2.60 bits per heavy atom. The standard InChI is InChI=1S/C38H50N6O4S2/c1-24(2)34(43-37(45)44(5)20-29-22-49-36(41-29)25(3)4)35-31-15-11-10-14-27(31)17-28(40-35)18-33(47-6)32(16-26-12-8-7-9-13-26)42-38(46)48-21-30-19-39-23-50-30/h7-9,11-15,19,22-25,28,32-34,40H,10,16-18,20-21H2,1-6H3,(H,42,46)(H,43,45)/t28-,32-,33-,34-/m0/s1. The second-order valence-corrected chi connectivity index (χ2v) is 15.5. The molecule has 5 rings (SSSR count). The number of fused-ring (bicyclic) bond motifs is 1. The summed E-state index contributed by atoms with van der Waals surface area (Å²) in [6.07, 6.45) is 10.4. The molecule has 0 spiro atoms. The zero-order chi connectivity index (χ0) is 35.6. The van der Waals surface area contributed by atoms with Crippen molar-refractivity contribution in [3.8, 4) is 0 Å². The van der Waals surface area contributed by atoms with E-state index in [1.807, 2.05) is 30.6 Å². The second kappa shape index (κ2) is 17.8. The molecule has 2 aromatic heterocycles. The Hall–Kier alpha value is -4.00. The number of alkyl carbamates (subject to hydrolysis) is 1. The van der Waals surface area contributed by atoms with E-state index in [2.05, 4.69) is 79.0 Å². The van der Waals surface area contributed by atoms with Gasteiger partial charge in [-0.3, -0.25) is 4.98 Å². The van der Waals surface area contributed by atoms with E-state index in [9.17, 15) is 9.59 Å². The number of nitrogens with one attached hydrogen (secondary N) is 3. The van der Waals surface area contributed by atoms with Gasteiger partial charge in [-0.15, -0.1) is 22.7 Å². The van der Waals surface area contributed by atoms with Crippen molar-refractivity contribution in [2.75, 3.05) is 14.2 Å².